The van der Waals surface area contributed by atoms with E-state index in [1.54, 1.807) is 0 Å². The van der Waals surface area contributed by atoms with Crippen LogP contribution in [0.25, 0.3) is 126 Å². The van der Waals surface area contributed by atoms with Crippen LogP contribution < -0.4 is 0 Å². The molecule has 66 heavy (non-hydrogen) atoms. The monoisotopic (exact) mass is 858 g/mol. The largest absolute Gasteiger partial charge is 0.308 e. The van der Waals surface area contributed by atoms with Gasteiger partial charge in [-0.05, 0) is 86.6 Å². The van der Waals surface area contributed by atoms with E-state index in [0.717, 1.165) is 61.2 Å². The van der Waals surface area contributed by atoms with Gasteiger partial charge >= 0.3 is 0 Å². The number of thiophene rings is 1. The fraction of sp³-hybridized carbons (Fsp3) is 0. The highest BCUT2D eigenvalue weighted by molar-refractivity contribution is 7.25. The van der Waals surface area contributed by atoms with Crippen molar-refractivity contribution in [2.45, 2.75) is 0 Å². The molecule has 0 saturated heterocycles. The summed E-state index contributed by atoms with van der Waals surface area (Å²) in [7, 11) is 0. The lowest BCUT2D eigenvalue weighted by Crippen LogP contribution is -2.04. The maximum Gasteiger partial charge on any atom is 0.166 e. The molecule has 0 radical (unpaired) electrons. The summed E-state index contributed by atoms with van der Waals surface area (Å²) in [5, 5.41) is 7.40. The Morgan fingerprint density at radius 2 is 0.818 bits per heavy atom. The molecule has 0 N–H and O–H groups in total. The van der Waals surface area contributed by atoms with E-state index in [4.69, 9.17) is 15.0 Å². The highest BCUT2D eigenvalue weighted by Crippen LogP contribution is 2.40. The second-order valence-corrected chi connectivity index (χ2v) is 17.9. The number of rotatable bonds is 7. The average Bonchev–Trinajstić information content (AvgIpc) is 3.94. The molecule has 13 rings (SSSR count). The third kappa shape index (κ3) is 6.48. The Morgan fingerprint density at radius 3 is 1.62 bits per heavy atom. The lowest BCUT2D eigenvalue weighted by Gasteiger charge is -2.16. The van der Waals surface area contributed by atoms with Crippen molar-refractivity contribution in [3.8, 4) is 73.2 Å². The second kappa shape index (κ2) is 15.6. The first kappa shape index (κ1) is 38.0. The van der Waals surface area contributed by atoms with Crippen LogP contribution in [0.15, 0.2) is 231 Å². The van der Waals surface area contributed by atoms with Gasteiger partial charge in [-0.1, -0.05) is 188 Å². The number of hydrogen-bond donors (Lipinski definition) is 0. The van der Waals surface area contributed by atoms with Gasteiger partial charge in [0.25, 0.3) is 0 Å². The zero-order valence-electron chi connectivity index (χ0n) is 35.6. The lowest BCUT2D eigenvalue weighted by molar-refractivity contribution is 1.06. The van der Waals surface area contributed by atoms with Crippen molar-refractivity contribution in [1.29, 1.82) is 0 Å². The van der Waals surface area contributed by atoms with Gasteiger partial charge in [0.15, 0.2) is 17.5 Å². The minimum absolute atomic E-state index is 0.599. The predicted molar refractivity (Wildman–Crippen MR) is 277 cm³/mol. The molecule has 0 aliphatic carbocycles. The van der Waals surface area contributed by atoms with Gasteiger partial charge < -0.3 is 4.57 Å². The molecule has 0 aliphatic rings. The van der Waals surface area contributed by atoms with Crippen molar-refractivity contribution in [3.05, 3.63) is 231 Å². The molecule has 0 atom stereocenters. The summed E-state index contributed by atoms with van der Waals surface area (Å²) in [6.45, 7) is 0. The fourth-order valence-corrected chi connectivity index (χ4v) is 10.8. The van der Waals surface area contributed by atoms with Crippen molar-refractivity contribution in [2.24, 2.45) is 0 Å². The van der Waals surface area contributed by atoms with Crippen LogP contribution in [0, 0.1) is 0 Å². The molecular weight excluding hydrogens is 821 g/mol. The molecular formula is C61H38N4S. The topological polar surface area (TPSA) is 43.6 Å². The summed E-state index contributed by atoms with van der Waals surface area (Å²) in [4.78, 5) is 16.1. The Hall–Kier alpha value is -8.51. The van der Waals surface area contributed by atoms with Crippen LogP contribution in [0.2, 0.25) is 0 Å². The van der Waals surface area contributed by atoms with Crippen molar-refractivity contribution < 1.29 is 0 Å². The number of fused-ring (bicyclic) bond motifs is 7. The Labute approximate surface area is 385 Å². The van der Waals surface area contributed by atoms with Gasteiger partial charge in [0.05, 0.1) is 16.7 Å². The van der Waals surface area contributed by atoms with Gasteiger partial charge in [0, 0.05) is 47.6 Å². The van der Waals surface area contributed by atoms with Gasteiger partial charge in [0.2, 0.25) is 0 Å². The standard InChI is InChI=1S/C61H38N4S/c1-2-14-39(15-3-1)44-33-35-53(56(37-44)65-54-25-9-6-21-49(54)50-22-7-10-26-55(50)65)61-63-59(42-30-28-41(29-31-42)48-24-13-17-40-16-4-5-20-47(40)48)62-60(64-61)46-19-12-18-43(36-46)45-32-34-52-51-23-8-11-27-57(51)66-58(52)38-45/h1-38H. The first-order valence-electron chi connectivity index (χ1n) is 22.3. The number of hydrogen-bond acceptors (Lipinski definition) is 4. The summed E-state index contributed by atoms with van der Waals surface area (Å²) in [5.41, 5.74) is 12.8. The molecule has 3 aromatic heterocycles. The molecule has 4 nitrogen and oxygen atoms in total. The second-order valence-electron chi connectivity index (χ2n) is 16.8. The molecule has 0 aliphatic heterocycles. The molecule has 10 aromatic carbocycles. The number of nitrogens with zero attached hydrogens (tertiary/aromatic N) is 4. The van der Waals surface area contributed by atoms with Crippen LogP contribution >= 0.6 is 11.3 Å². The maximum atomic E-state index is 5.41. The SMILES string of the molecule is c1ccc(-c2ccc(-c3nc(-c4ccc(-c5cccc6ccccc56)cc4)nc(-c4cccc(-c5ccc6c(c5)sc5ccccc56)c4)n3)c(-n3c4ccccc4c4ccccc43)c2)cc1. The highest BCUT2D eigenvalue weighted by Gasteiger charge is 2.21. The van der Waals surface area contributed by atoms with E-state index in [1.165, 1.54) is 47.3 Å². The van der Waals surface area contributed by atoms with Crippen molar-refractivity contribution >= 4 is 64.1 Å². The zero-order chi connectivity index (χ0) is 43.6. The van der Waals surface area contributed by atoms with E-state index in [2.05, 4.69) is 235 Å². The van der Waals surface area contributed by atoms with Gasteiger partial charge in [-0.3, -0.25) is 0 Å². The van der Waals surface area contributed by atoms with Crippen molar-refractivity contribution in [1.82, 2.24) is 19.5 Å². The summed E-state index contributed by atoms with van der Waals surface area (Å²) < 4.78 is 4.94. The molecule has 0 unspecified atom stereocenters. The van der Waals surface area contributed by atoms with E-state index >= 15 is 0 Å². The zero-order valence-corrected chi connectivity index (χ0v) is 36.5. The number of benzene rings is 10. The molecule has 3 heterocycles. The summed E-state index contributed by atoms with van der Waals surface area (Å²) in [5.74, 6) is 1.82. The first-order valence-corrected chi connectivity index (χ1v) is 23.1. The Kier molecular flexibility index (Phi) is 9.00. The van der Waals surface area contributed by atoms with Gasteiger partial charge in [-0.25, -0.2) is 15.0 Å². The number of aromatic nitrogens is 4. The Morgan fingerprint density at radius 1 is 0.288 bits per heavy atom. The average molecular weight is 859 g/mol. The third-order valence-electron chi connectivity index (χ3n) is 12.9. The maximum absolute atomic E-state index is 5.41. The van der Waals surface area contributed by atoms with Crippen molar-refractivity contribution in [3.63, 3.8) is 0 Å². The molecule has 0 spiro atoms. The van der Waals surface area contributed by atoms with E-state index in [9.17, 15) is 0 Å². The molecule has 0 amide bonds. The molecule has 0 fully saturated rings. The molecule has 308 valence electrons. The highest BCUT2D eigenvalue weighted by atomic mass is 32.1. The van der Waals surface area contributed by atoms with Crippen LogP contribution in [0.4, 0.5) is 0 Å². The minimum atomic E-state index is 0.599. The van der Waals surface area contributed by atoms with Crippen molar-refractivity contribution in [2.75, 3.05) is 0 Å². The summed E-state index contributed by atoms with van der Waals surface area (Å²) >= 11 is 1.84. The predicted octanol–water partition coefficient (Wildman–Crippen LogP) is 16.5. The Bertz CT molecular complexity index is 3940. The lowest BCUT2D eigenvalue weighted by atomic mass is 9.97. The van der Waals surface area contributed by atoms with Crippen LogP contribution in [-0.4, -0.2) is 19.5 Å². The molecule has 5 heteroatoms. The van der Waals surface area contributed by atoms with Crippen LogP contribution in [0.5, 0.6) is 0 Å². The van der Waals surface area contributed by atoms with Crippen LogP contribution in [0.3, 0.4) is 0 Å². The van der Waals surface area contributed by atoms with E-state index in [0.29, 0.717) is 17.5 Å². The van der Waals surface area contributed by atoms with E-state index < -0.39 is 0 Å². The van der Waals surface area contributed by atoms with E-state index in [1.807, 2.05) is 11.3 Å². The van der Waals surface area contributed by atoms with Gasteiger partial charge in [-0.15, -0.1) is 11.3 Å². The normalized spacial score (nSPS) is 11.6. The summed E-state index contributed by atoms with van der Waals surface area (Å²) in [6.07, 6.45) is 0. The molecule has 0 saturated carbocycles. The summed E-state index contributed by atoms with van der Waals surface area (Å²) in [6, 6.07) is 82.3. The quantitative estimate of drug-likeness (QED) is 0.160. The number of para-hydroxylation sites is 2. The molecule has 13 aromatic rings. The smallest absolute Gasteiger partial charge is 0.166 e. The van der Waals surface area contributed by atoms with Crippen LogP contribution in [0.1, 0.15) is 0 Å². The Balaban J connectivity index is 1.01. The van der Waals surface area contributed by atoms with Gasteiger partial charge in [-0.2, -0.15) is 0 Å². The van der Waals surface area contributed by atoms with E-state index in [-0.39, 0.29) is 0 Å². The third-order valence-corrected chi connectivity index (χ3v) is 14.0. The van der Waals surface area contributed by atoms with Crippen LogP contribution in [-0.2, 0) is 0 Å². The first-order chi connectivity index (χ1) is 32.7. The van der Waals surface area contributed by atoms with Gasteiger partial charge in [0.1, 0.15) is 0 Å². The molecule has 0 bridgehead atoms. The fourth-order valence-electron chi connectivity index (χ4n) is 9.67. The minimum Gasteiger partial charge on any atom is -0.308 e.